The third-order valence-corrected chi connectivity index (χ3v) is 5.26. The molecule has 1 saturated heterocycles. The number of nitrogens with zero attached hydrogens (tertiary/aromatic N) is 1. The second-order valence-electron chi connectivity index (χ2n) is 7.39. The SMILES string of the molecule is Cc1cc(CCCc2ccccc2)oc(=O)c1C(=O)N1CCCC(C(N)=O)C1. The molecule has 1 aromatic heterocycles. The van der Waals surface area contributed by atoms with Gasteiger partial charge >= 0.3 is 5.63 Å². The van der Waals surface area contributed by atoms with E-state index < -0.39 is 11.5 Å². The molecular formula is C22H26N2O4. The quantitative estimate of drug-likeness (QED) is 0.830. The van der Waals surface area contributed by atoms with Gasteiger partial charge in [-0.3, -0.25) is 9.59 Å². The van der Waals surface area contributed by atoms with Gasteiger partial charge in [0.2, 0.25) is 5.91 Å². The van der Waals surface area contributed by atoms with Crippen LogP contribution in [0, 0.1) is 12.8 Å². The monoisotopic (exact) mass is 382 g/mol. The molecular weight excluding hydrogens is 356 g/mol. The summed E-state index contributed by atoms with van der Waals surface area (Å²) in [7, 11) is 0. The Morgan fingerprint density at radius 2 is 1.96 bits per heavy atom. The van der Waals surface area contributed by atoms with Crippen LogP contribution in [0.15, 0.2) is 45.6 Å². The third kappa shape index (κ3) is 4.68. The predicted octanol–water partition coefficient (Wildman–Crippen LogP) is 2.46. The average Bonchev–Trinajstić information content (AvgIpc) is 2.68. The smallest absolute Gasteiger partial charge is 0.349 e. The molecule has 1 aliphatic heterocycles. The van der Waals surface area contributed by atoms with E-state index >= 15 is 0 Å². The van der Waals surface area contributed by atoms with Crippen LogP contribution in [-0.4, -0.2) is 29.8 Å². The summed E-state index contributed by atoms with van der Waals surface area (Å²) in [6.45, 7) is 2.52. The van der Waals surface area contributed by atoms with Crippen LogP contribution in [0.1, 0.15) is 46.5 Å². The van der Waals surface area contributed by atoms with Crippen molar-refractivity contribution >= 4 is 11.8 Å². The van der Waals surface area contributed by atoms with E-state index in [0.717, 1.165) is 12.8 Å². The molecule has 0 radical (unpaired) electrons. The lowest BCUT2D eigenvalue weighted by Crippen LogP contribution is -2.45. The number of carbonyl (C=O) groups is 2. The van der Waals surface area contributed by atoms with Crippen molar-refractivity contribution in [2.45, 2.75) is 39.0 Å². The van der Waals surface area contributed by atoms with Gasteiger partial charge in [-0.05, 0) is 49.8 Å². The van der Waals surface area contributed by atoms with E-state index in [4.69, 9.17) is 10.2 Å². The molecule has 0 aliphatic carbocycles. The number of hydrogen-bond donors (Lipinski definition) is 1. The van der Waals surface area contributed by atoms with Crippen LogP contribution in [0.4, 0.5) is 0 Å². The van der Waals surface area contributed by atoms with Gasteiger partial charge in [-0.15, -0.1) is 0 Å². The number of amides is 2. The summed E-state index contributed by atoms with van der Waals surface area (Å²) < 4.78 is 5.42. The maximum absolute atomic E-state index is 12.8. The first-order valence-electron chi connectivity index (χ1n) is 9.72. The molecule has 1 aliphatic rings. The first-order valence-corrected chi connectivity index (χ1v) is 9.72. The topological polar surface area (TPSA) is 93.6 Å². The predicted molar refractivity (Wildman–Crippen MR) is 106 cm³/mol. The van der Waals surface area contributed by atoms with Crippen molar-refractivity contribution in [3.8, 4) is 0 Å². The Morgan fingerprint density at radius 3 is 2.64 bits per heavy atom. The van der Waals surface area contributed by atoms with E-state index in [-0.39, 0.29) is 23.9 Å². The number of hydrogen-bond acceptors (Lipinski definition) is 4. The summed E-state index contributed by atoms with van der Waals surface area (Å²) in [4.78, 5) is 38.3. The van der Waals surface area contributed by atoms with Gasteiger partial charge in [-0.25, -0.2) is 4.79 Å². The molecule has 6 heteroatoms. The Balaban J connectivity index is 1.68. The zero-order valence-corrected chi connectivity index (χ0v) is 16.1. The van der Waals surface area contributed by atoms with Crippen molar-refractivity contribution in [2.24, 2.45) is 11.7 Å². The minimum Gasteiger partial charge on any atom is -0.427 e. The summed E-state index contributed by atoms with van der Waals surface area (Å²) in [5.41, 5.74) is 6.67. The number of carbonyl (C=O) groups excluding carboxylic acids is 2. The molecule has 1 aromatic carbocycles. The van der Waals surface area contributed by atoms with E-state index in [0.29, 0.717) is 37.1 Å². The number of likely N-dealkylation sites (tertiary alicyclic amines) is 1. The highest BCUT2D eigenvalue weighted by Gasteiger charge is 2.30. The van der Waals surface area contributed by atoms with Gasteiger partial charge in [0, 0.05) is 19.5 Å². The first kappa shape index (κ1) is 19.9. The zero-order valence-electron chi connectivity index (χ0n) is 16.1. The van der Waals surface area contributed by atoms with Crippen molar-refractivity contribution in [1.29, 1.82) is 0 Å². The molecule has 6 nitrogen and oxygen atoms in total. The minimum atomic E-state index is -0.610. The van der Waals surface area contributed by atoms with E-state index in [2.05, 4.69) is 12.1 Å². The van der Waals surface area contributed by atoms with Crippen LogP contribution in [0.5, 0.6) is 0 Å². The van der Waals surface area contributed by atoms with Gasteiger partial charge in [0.15, 0.2) is 0 Å². The van der Waals surface area contributed by atoms with Crippen LogP contribution in [0.25, 0.3) is 0 Å². The minimum absolute atomic E-state index is 0.0527. The number of rotatable bonds is 6. The Labute approximate surface area is 164 Å². The maximum Gasteiger partial charge on any atom is 0.349 e. The fourth-order valence-electron chi connectivity index (χ4n) is 3.72. The highest BCUT2D eigenvalue weighted by molar-refractivity contribution is 5.95. The van der Waals surface area contributed by atoms with E-state index in [9.17, 15) is 14.4 Å². The maximum atomic E-state index is 12.8. The molecule has 148 valence electrons. The summed E-state index contributed by atoms with van der Waals surface area (Å²) >= 11 is 0. The highest BCUT2D eigenvalue weighted by Crippen LogP contribution is 2.19. The van der Waals surface area contributed by atoms with Crippen LogP contribution in [0.2, 0.25) is 0 Å². The Kier molecular flexibility index (Phi) is 6.29. The molecule has 0 spiro atoms. The van der Waals surface area contributed by atoms with Crippen molar-refractivity contribution in [3.05, 3.63) is 69.3 Å². The number of piperidine rings is 1. The first-order chi connectivity index (χ1) is 13.5. The Hall–Kier alpha value is -2.89. The van der Waals surface area contributed by atoms with Crippen molar-refractivity contribution in [3.63, 3.8) is 0 Å². The zero-order chi connectivity index (χ0) is 20.1. The lowest BCUT2D eigenvalue weighted by molar-refractivity contribution is -0.123. The van der Waals surface area contributed by atoms with Gasteiger partial charge in [0.05, 0.1) is 5.92 Å². The molecule has 0 saturated carbocycles. The van der Waals surface area contributed by atoms with Crippen molar-refractivity contribution in [2.75, 3.05) is 13.1 Å². The molecule has 1 fully saturated rings. The molecule has 1 atom stereocenters. The average molecular weight is 382 g/mol. The number of benzene rings is 1. The summed E-state index contributed by atoms with van der Waals surface area (Å²) in [6, 6.07) is 11.9. The van der Waals surface area contributed by atoms with Gasteiger partial charge < -0.3 is 15.1 Å². The van der Waals surface area contributed by atoms with Crippen LogP contribution >= 0.6 is 0 Å². The normalized spacial score (nSPS) is 16.8. The fourth-order valence-corrected chi connectivity index (χ4v) is 3.72. The summed E-state index contributed by atoms with van der Waals surface area (Å²) in [5.74, 6) is -0.561. The standard InChI is InChI=1S/C22H26N2O4/c1-15-13-18(11-5-9-16-7-3-2-4-8-16)28-22(27)19(15)21(26)24-12-6-10-17(14-24)20(23)25/h2-4,7-8,13,17H,5-6,9-12,14H2,1H3,(H2,23,25). The van der Waals surface area contributed by atoms with Crippen molar-refractivity contribution < 1.29 is 14.0 Å². The highest BCUT2D eigenvalue weighted by atomic mass is 16.4. The third-order valence-electron chi connectivity index (χ3n) is 5.26. The van der Waals surface area contributed by atoms with E-state index in [1.165, 1.54) is 10.5 Å². The molecule has 2 amide bonds. The van der Waals surface area contributed by atoms with Crippen LogP contribution in [-0.2, 0) is 17.6 Å². The molecule has 3 rings (SSSR count). The van der Waals surface area contributed by atoms with E-state index in [1.54, 1.807) is 13.0 Å². The largest absolute Gasteiger partial charge is 0.427 e. The number of primary amides is 1. The second-order valence-corrected chi connectivity index (χ2v) is 7.39. The molecule has 0 bridgehead atoms. The van der Waals surface area contributed by atoms with Gasteiger partial charge in [0.1, 0.15) is 11.3 Å². The molecule has 28 heavy (non-hydrogen) atoms. The van der Waals surface area contributed by atoms with E-state index in [1.807, 2.05) is 18.2 Å². The molecule has 2 aromatic rings. The lowest BCUT2D eigenvalue weighted by atomic mass is 9.96. The van der Waals surface area contributed by atoms with Gasteiger partial charge in [0.25, 0.3) is 5.91 Å². The van der Waals surface area contributed by atoms with Crippen LogP contribution < -0.4 is 11.4 Å². The number of nitrogens with two attached hydrogens (primary N) is 1. The van der Waals surface area contributed by atoms with Gasteiger partial charge in [-0.2, -0.15) is 0 Å². The van der Waals surface area contributed by atoms with Gasteiger partial charge in [-0.1, -0.05) is 30.3 Å². The Morgan fingerprint density at radius 1 is 1.21 bits per heavy atom. The lowest BCUT2D eigenvalue weighted by Gasteiger charge is -2.31. The fraction of sp³-hybridized carbons (Fsp3) is 0.409. The molecule has 2 N–H and O–H groups in total. The summed E-state index contributed by atoms with van der Waals surface area (Å²) in [6.07, 6.45) is 3.75. The number of aryl methyl sites for hydroxylation is 3. The molecule has 1 unspecified atom stereocenters. The second kappa shape index (κ2) is 8.87. The summed E-state index contributed by atoms with van der Waals surface area (Å²) in [5, 5.41) is 0. The van der Waals surface area contributed by atoms with Crippen LogP contribution in [0.3, 0.4) is 0 Å². The van der Waals surface area contributed by atoms with Crippen molar-refractivity contribution in [1.82, 2.24) is 4.90 Å². The Bertz CT molecular complexity index is 904. The molecule has 2 heterocycles.